The monoisotopic (exact) mass is 448 g/mol. The van der Waals surface area contributed by atoms with E-state index in [9.17, 15) is 14.9 Å². The summed E-state index contributed by atoms with van der Waals surface area (Å²) in [6, 6.07) is 7.34. The Morgan fingerprint density at radius 1 is 1.26 bits per heavy atom. The standard InChI is InChI=1S/C21H21ClN2O7/c1-11-19(30-21(25)13-7-17(28-2)18(8-13)31-24(26)27)16-10-29-20(15(16)9-23-11)12-3-5-14(22)6-4-12/h3-6,9,13,17-18,20H,7-8,10H2,1-2H3/t13-,17+,18+,20?/m0/s1. The summed E-state index contributed by atoms with van der Waals surface area (Å²) in [4.78, 5) is 32.6. The van der Waals surface area contributed by atoms with Gasteiger partial charge in [-0.1, -0.05) is 23.7 Å². The maximum Gasteiger partial charge on any atom is 0.314 e. The van der Waals surface area contributed by atoms with Crippen molar-refractivity contribution in [2.24, 2.45) is 5.92 Å². The van der Waals surface area contributed by atoms with E-state index in [-0.39, 0.29) is 25.6 Å². The number of carbonyl (C=O) groups excluding carboxylic acids is 1. The molecule has 1 unspecified atom stereocenters. The van der Waals surface area contributed by atoms with Gasteiger partial charge < -0.3 is 19.0 Å². The maximum absolute atomic E-state index is 12.9. The highest BCUT2D eigenvalue weighted by molar-refractivity contribution is 6.30. The van der Waals surface area contributed by atoms with Crippen molar-refractivity contribution in [2.45, 2.75) is 44.7 Å². The quantitative estimate of drug-likeness (QED) is 0.374. The van der Waals surface area contributed by atoms with Crippen LogP contribution in [0.5, 0.6) is 5.75 Å². The van der Waals surface area contributed by atoms with E-state index in [4.69, 9.17) is 25.8 Å². The van der Waals surface area contributed by atoms with Crippen molar-refractivity contribution in [3.8, 4) is 5.75 Å². The number of methoxy groups -OCH3 is 1. The minimum absolute atomic E-state index is 0.143. The second kappa shape index (κ2) is 8.78. The number of halogens is 1. The number of rotatable bonds is 6. The minimum Gasteiger partial charge on any atom is -0.424 e. The van der Waals surface area contributed by atoms with Crippen LogP contribution in [-0.2, 0) is 25.7 Å². The number of ether oxygens (including phenoxy) is 3. The molecule has 2 aromatic rings. The van der Waals surface area contributed by atoms with Gasteiger partial charge in [0, 0.05) is 29.5 Å². The first-order chi connectivity index (χ1) is 14.9. The zero-order valence-corrected chi connectivity index (χ0v) is 17.7. The smallest absolute Gasteiger partial charge is 0.314 e. The molecule has 0 radical (unpaired) electrons. The normalized spacial score (nSPS) is 24.6. The van der Waals surface area contributed by atoms with E-state index in [0.717, 1.165) is 16.7 Å². The number of pyridine rings is 1. The first kappa shape index (κ1) is 21.5. The van der Waals surface area contributed by atoms with Crippen molar-refractivity contribution in [1.29, 1.82) is 0 Å². The highest BCUT2D eigenvalue weighted by atomic mass is 35.5. The Hall–Kier alpha value is -2.75. The van der Waals surface area contributed by atoms with Crippen LogP contribution in [-0.4, -0.2) is 35.4 Å². The molecule has 2 aliphatic rings. The SMILES string of the molecule is CO[C@@H]1C[C@H](C(=O)Oc2c(C)ncc3c2COC3c2ccc(Cl)cc2)C[C@H]1O[N+](=O)[O-]. The molecule has 1 fully saturated rings. The number of aromatic nitrogens is 1. The molecular formula is C21H21ClN2O7. The molecule has 4 rings (SSSR count). The molecule has 1 aromatic carbocycles. The predicted molar refractivity (Wildman–Crippen MR) is 108 cm³/mol. The maximum atomic E-state index is 12.9. The summed E-state index contributed by atoms with van der Waals surface area (Å²) in [6.45, 7) is 2.02. The topological polar surface area (TPSA) is 110 Å². The molecule has 164 valence electrons. The van der Waals surface area contributed by atoms with Crippen molar-refractivity contribution in [1.82, 2.24) is 4.98 Å². The Morgan fingerprint density at radius 2 is 1.97 bits per heavy atom. The Balaban J connectivity index is 1.54. The van der Waals surface area contributed by atoms with Gasteiger partial charge in [-0.25, -0.2) is 0 Å². The van der Waals surface area contributed by atoms with Crippen LogP contribution in [0.2, 0.25) is 5.02 Å². The minimum atomic E-state index is -0.864. The number of hydrogen-bond acceptors (Lipinski definition) is 8. The molecule has 0 saturated heterocycles. The third-order valence-corrected chi connectivity index (χ3v) is 5.96. The Kier molecular flexibility index (Phi) is 6.08. The first-order valence-corrected chi connectivity index (χ1v) is 10.2. The van der Waals surface area contributed by atoms with Gasteiger partial charge in [-0.2, -0.15) is 0 Å². The van der Waals surface area contributed by atoms with Gasteiger partial charge in [-0.05, 0) is 37.5 Å². The van der Waals surface area contributed by atoms with E-state index >= 15 is 0 Å². The predicted octanol–water partition coefficient (Wildman–Crippen LogP) is 3.57. The lowest BCUT2D eigenvalue weighted by atomic mass is 10.00. The van der Waals surface area contributed by atoms with Crippen LogP contribution < -0.4 is 4.74 Å². The van der Waals surface area contributed by atoms with Crippen molar-refractivity contribution < 1.29 is 28.9 Å². The fourth-order valence-electron chi connectivity index (χ4n) is 4.14. The summed E-state index contributed by atoms with van der Waals surface area (Å²) in [6.07, 6.45) is 0.450. The molecule has 1 saturated carbocycles. The fraction of sp³-hybridized carbons (Fsp3) is 0.429. The summed E-state index contributed by atoms with van der Waals surface area (Å²) >= 11 is 5.98. The average Bonchev–Trinajstić information content (AvgIpc) is 3.34. The Morgan fingerprint density at radius 3 is 2.65 bits per heavy atom. The summed E-state index contributed by atoms with van der Waals surface area (Å²) in [7, 11) is 1.43. The Labute approximate surface area is 183 Å². The molecule has 0 amide bonds. The summed E-state index contributed by atoms with van der Waals surface area (Å²) in [5, 5.41) is 10.5. The number of hydrogen-bond donors (Lipinski definition) is 0. The van der Waals surface area contributed by atoms with E-state index in [0.29, 0.717) is 16.5 Å². The number of aryl methyl sites for hydroxylation is 1. The molecule has 1 aliphatic carbocycles. The summed E-state index contributed by atoms with van der Waals surface area (Å²) < 4.78 is 16.9. The third-order valence-electron chi connectivity index (χ3n) is 5.71. The van der Waals surface area contributed by atoms with E-state index in [2.05, 4.69) is 9.82 Å². The number of carbonyl (C=O) groups is 1. The number of esters is 1. The molecule has 4 atom stereocenters. The van der Waals surface area contributed by atoms with Gasteiger partial charge in [-0.3, -0.25) is 9.78 Å². The summed E-state index contributed by atoms with van der Waals surface area (Å²) in [5.41, 5.74) is 3.07. The van der Waals surface area contributed by atoms with Gasteiger partial charge in [0.25, 0.3) is 5.09 Å². The van der Waals surface area contributed by atoms with Crippen LogP contribution in [0.4, 0.5) is 0 Å². The van der Waals surface area contributed by atoms with Crippen LogP contribution in [0.15, 0.2) is 30.5 Å². The average molecular weight is 449 g/mol. The number of benzene rings is 1. The van der Waals surface area contributed by atoms with Crippen molar-refractivity contribution in [3.05, 3.63) is 68.0 Å². The molecule has 0 N–H and O–H groups in total. The molecule has 10 heteroatoms. The molecule has 0 spiro atoms. The van der Waals surface area contributed by atoms with E-state index in [1.165, 1.54) is 7.11 Å². The van der Waals surface area contributed by atoms with E-state index < -0.39 is 29.2 Å². The van der Waals surface area contributed by atoms with Crippen LogP contribution in [0, 0.1) is 23.0 Å². The number of fused-ring (bicyclic) bond motifs is 1. The van der Waals surface area contributed by atoms with Crippen molar-refractivity contribution in [3.63, 3.8) is 0 Å². The molecule has 2 heterocycles. The first-order valence-electron chi connectivity index (χ1n) is 9.78. The van der Waals surface area contributed by atoms with Crippen LogP contribution in [0.3, 0.4) is 0 Å². The zero-order chi connectivity index (χ0) is 22.1. The second-order valence-corrected chi connectivity index (χ2v) is 8.02. The van der Waals surface area contributed by atoms with Crippen LogP contribution >= 0.6 is 11.6 Å². The lowest BCUT2D eigenvalue weighted by Crippen LogP contribution is -2.27. The van der Waals surface area contributed by atoms with Gasteiger partial charge in [0.15, 0.2) is 5.75 Å². The summed E-state index contributed by atoms with van der Waals surface area (Å²) in [5.74, 6) is -0.712. The highest BCUT2D eigenvalue weighted by Crippen LogP contribution is 2.41. The largest absolute Gasteiger partial charge is 0.424 e. The molecule has 1 aromatic heterocycles. The number of nitrogens with zero attached hydrogens (tertiary/aromatic N) is 2. The van der Waals surface area contributed by atoms with Gasteiger partial charge in [0.1, 0.15) is 12.2 Å². The highest BCUT2D eigenvalue weighted by Gasteiger charge is 2.42. The molecular weight excluding hydrogens is 428 g/mol. The zero-order valence-electron chi connectivity index (χ0n) is 16.9. The second-order valence-electron chi connectivity index (χ2n) is 7.58. The van der Waals surface area contributed by atoms with Gasteiger partial charge >= 0.3 is 5.97 Å². The molecule has 1 aliphatic heterocycles. The fourth-order valence-corrected chi connectivity index (χ4v) is 4.26. The lowest BCUT2D eigenvalue weighted by molar-refractivity contribution is -0.770. The van der Waals surface area contributed by atoms with Crippen LogP contribution in [0.25, 0.3) is 0 Å². The van der Waals surface area contributed by atoms with Gasteiger partial charge in [0.2, 0.25) is 0 Å². The van der Waals surface area contributed by atoms with Gasteiger partial charge in [0.05, 0.1) is 24.3 Å². The lowest BCUT2D eigenvalue weighted by Gasteiger charge is -2.15. The van der Waals surface area contributed by atoms with E-state index in [1.54, 1.807) is 25.3 Å². The third kappa shape index (κ3) is 4.34. The molecule has 0 bridgehead atoms. The van der Waals surface area contributed by atoms with Crippen LogP contribution in [0.1, 0.15) is 41.3 Å². The van der Waals surface area contributed by atoms with Gasteiger partial charge in [-0.15, -0.1) is 10.1 Å². The van der Waals surface area contributed by atoms with Crippen molar-refractivity contribution in [2.75, 3.05) is 7.11 Å². The van der Waals surface area contributed by atoms with Crippen molar-refractivity contribution >= 4 is 17.6 Å². The Bertz CT molecular complexity index is 998. The van der Waals surface area contributed by atoms with E-state index in [1.807, 2.05) is 12.1 Å². The molecule has 9 nitrogen and oxygen atoms in total. The molecule has 31 heavy (non-hydrogen) atoms.